The minimum Gasteiger partial charge on any atom is -0.485 e. The molecule has 2 aromatic rings. The Balaban J connectivity index is 1.67. The van der Waals surface area contributed by atoms with Gasteiger partial charge in [0, 0.05) is 38.6 Å². The third-order valence-corrected chi connectivity index (χ3v) is 4.60. The molecule has 0 aliphatic carbocycles. The smallest absolute Gasteiger partial charge is 0.256 e. The molecule has 1 fully saturated rings. The summed E-state index contributed by atoms with van der Waals surface area (Å²) >= 11 is 1.32. The Labute approximate surface area is 139 Å². The zero-order chi connectivity index (χ0) is 16.4. The number of hydrogen-bond donors (Lipinski definition) is 0. The number of carbonyl (C=O) groups excluding carboxylic acids is 1. The number of carbonyl (C=O) groups is 1. The average Bonchev–Trinajstić information content (AvgIpc) is 3.16. The first-order valence-corrected chi connectivity index (χ1v) is 8.39. The number of rotatable bonds is 4. The molecule has 1 unspecified atom stereocenters. The van der Waals surface area contributed by atoms with Gasteiger partial charge in [-0.3, -0.25) is 4.79 Å². The highest BCUT2D eigenvalue weighted by Gasteiger charge is 2.30. The summed E-state index contributed by atoms with van der Waals surface area (Å²) < 4.78 is 10.3. The van der Waals surface area contributed by atoms with Crippen LogP contribution in [0.15, 0.2) is 23.7 Å². The van der Waals surface area contributed by atoms with E-state index in [9.17, 15) is 4.79 Å². The molecule has 1 aliphatic rings. The molecule has 6 nitrogen and oxygen atoms in total. The number of aryl methyl sites for hydroxylation is 1. The quantitative estimate of drug-likeness (QED) is 0.859. The van der Waals surface area contributed by atoms with Crippen molar-refractivity contribution in [2.24, 2.45) is 0 Å². The molecule has 3 heterocycles. The summed E-state index contributed by atoms with van der Waals surface area (Å²) in [5.74, 6) is 1.60. The van der Waals surface area contributed by atoms with E-state index in [-0.39, 0.29) is 12.0 Å². The van der Waals surface area contributed by atoms with Crippen LogP contribution in [0.2, 0.25) is 0 Å². The van der Waals surface area contributed by atoms with Crippen molar-refractivity contribution in [2.45, 2.75) is 19.4 Å². The standard InChI is InChI=1S/C16H20N4O2S/c1-11-13(10-23-18-11)16(21)20-8-6-12(9-20)22-14-5-4-7-17-15(14)19(2)3/h4-5,7,10,12H,6,8-9H2,1-3H3. The van der Waals surface area contributed by atoms with Crippen LogP contribution in [0.4, 0.5) is 5.82 Å². The monoisotopic (exact) mass is 332 g/mol. The largest absolute Gasteiger partial charge is 0.485 e. The lowest BCUT2D eigenvalue weighted by Crippen LogP contribution is -2.31. The van der Waals surface area contributed by atoms with E-state index >= 15 is 0 Å². The van der Waals surface area contributed by atoms with Crippen LogP contribution in [0, 0.1) is 6.92 Å². The number of likely N-dealkylation sites (tertiary alicyclic amines) is 1. The number of pyridine rings is 1. The summed E-state index contributed by atoms with van der Waals surface area (Å²) in [6.07, 6.45) is 2.57. The van der Waals surface area contributed by atoms with Gasteiger partial charge in [-0.25, -0.2) is 4.98 Å². The van der Waals surface area contributed by atoms with Crippen molar-refractivity contribution in [3.05, 3.63) is 35.0 Å². The minimum atomic E-state index is -0.00579. The average molecular weight is 332 g/mol. The van der Waals surface area contributed by atoms with Gasteiger partial charge in [0.1, 0.15) is 6.10 Å². The normalized spacial score (nSPS) is 17.3. The van der Waals surface area contributed by atoms with Crippen molar-refractivity contribution in [3.8, 4) is 5.75 Å². The first-order chi connectivity index (χ1) is 11.1. The fourth-order valence-electron chi connectivity index (χ4n) is 2.67. The van der Waals surface area contributed by atoms with Crippen LogP contribution >= 0.6 is 11.5 Å². The third-order valence-electron chi connectivity index (χ3n) is 3.88. The maximum atomic E-state index is 12.5. The summed E-state index contributed by atoms with van der Waals surface area (Å²) in [5, 5.41) is 1.82. The molecule has 122 valence electrons. The predicted octanol–water partition coefficient (Wildman–Crippen LogP) is 2.21. The summed E-state index contributed by atoms with van der Waals surface area (Å²) in [4.78, 5) is 20.6. The Kier molecular flexibility index (Phi) is 4.47. The minimum absolute atomic E-state index is 0.00579. The molecule has 1 atom stereocenters. The van der Waals surface area contributed by atoms with Gasteiger partial charge in [-0.2, -0.15) is 4.37 Å². The molecule has 0 N–H and O–H groups in total. The van der Waals surface area contributed by atoms with E-state index in [0.717, 1.165) is 23.7 Å². The lowest BCUT2D eigenvalue weighted by Gasteiger charge is -2.20. The lowest BCUT2D eigenvalue weighted by molar-refractivity contribution is 0.0772. The molecule has 0 radical (unpaired) electrons. The SMILES string of the molecule is Cc1nscc1C(=O)N1CCC(Oc2cccnc2N(C)C)C1. The van der Waals surface area contributed by atoms with Crippen molar-refractivity contribution in [1.29, 1.82) is 0 Å². The van der Waals surface area contributed by atoms with E-state index in [4.69, 9.17) is 4.74 Å². The van der Waals surface area contributed by atoms with E-state index in [1.807, 2.05) is 48.3 Å². The van der Waals surface area contributed by atoms with Crippen LogP contribution in [0.1, 0.15) is 22.5 Å². The Morgan fingerprint density at radius 1 is 1.48 bits per heavy atom. The molecule has 3 rings (SSSR count). The summed E-state index contributed by atoms with van der Waals surface area (Å²) in [5.41, 5.74) is 1.50. The molecule has 2 aromatic heterocycles. The number of nitrogens with zero attached hydrogens (tertiary/aromatic N) is 4. The number of hydrogen-bond acceptors (Lipinski definition) is 6. The van der Waals surface area contributed by atoms with Gasteiger partial charge in [-0.15, -0.1) is 0 Å². The highest BCUT2D eigenvalue weighted by molar-refractivity contribution is 7.03. The van der Waals surface area contributed by atoms with Gasteiger partial charge in [0.05, 0.1) is 17.8 Å². The van der Waals surface area contributed by atoms with Gasteiger partial charge in [0.15, 0.2) is 11.6 Å². The Bertz CT molecular complexity index is 701. The first-order valence-electron chi connectivity index (χ1n) is 7.55. The molecule has 0 aromatic carbocycles. The fourth-order valence-corrected chi connectivity index (χ4v) is 3.35. The van der Waals surface area contributed by atoms with Crippen LogP contribution < -0.4 is 9.64 Å². The zero-order valence-electron chi connectivity index (χ0n) is 13.5. The second-order valence-electron chi connectivity index (χ2n) is 5.81. The Morgan fingerprint density at radius 2 is 2.30 bits per heavy atom. The Morgan fingerprint density at radius 3 is 3.00 bits per heavy atom. The molecular weight excluding hydrogens is 312 g/mol. The molecular formula is C16H20N4O2S. The number of amides is 1. The molecule has 23 heavy (non-hydrogen) atoms. The number of anilines is 1. The number of ether oxygens (including phenoxy) is 1. The molecule has 0 spiro atoms. The van der Waals surface area contributed by atoms with Gasteiger partial charge in [-0.05, 0) is 30.6 Å². The van der Waals surface area contributed by atoms with Crippen molar-refractivity contribution in [2.75, 3.05) is 32.1 Å². The van der Waals surface area contributed by atoms with Crippen molar-refractivity contribution in [3.63, 3.8) is 0 Å². The van der Waals surface area contributed by atoms with E-state index < -0.39 is 0 Å². The summed E-state index contributed by atoms with van der Waals surface area (Å²) in [7, 11) is 3.87. The van der Waals surface area contributed by atoms with E-state index in [1.165, 1.54) is 11.5 Å². The van der Waals surface area contributed by atoms with Crippen LogP contribution in [-0.4, -0.2) is 53.5 Å². The van der Waals surface area contributed by atoms with Crippen LogP contribution in [-0.2, 0) is 0 Å². The maximum absolute atomic E-state index is 12.5. The van der Waals surface area contributed by atoms with E-state index in [1.54, 1.807) is 6.20 Å². The van der Waals surface area contributed by atoms with E-state index in [0.29, 0.717) is 18.7 Å². The van der Waals surface area contributed by atoms with Crippen molar-refractivity contribution < 1.29 is 9.53 Å². The molecule has 1 aliphatic heterocycles. The predicted molar refractivity (Wildman–Crippen MR) is 90.4 cm³/mol. The van der Waals surface area contributed by atoms with Crippen LogP contribution in [0.3, 0.4) is 0 Å². The first kappa shape index (κ1) is 15.7. The molecule has 0 bridgehead atoms. The fraction of sp³-hybridized carbons (Fsp3) is 0.438. The van der Waals surface area contributed by atoms with Gasteiger partial charge < -0.3 is 14.5 Å². The molecule has 1 saturated heterocycles. The van der Waals surface area contributed by atoms with Crippen molar-refractivity contribution in [1.82, 2.24) is 14.3 Å². The molecule has 7 heteroatoms. The van der Waals surface area contributed by atoms with Gasteiger partial charge in [0.25, 0.3) is 5.91 Å². The second-order valence-corrected chi connectivity index (χ2v) is 6.44. The van der Waals surface area contributed by atoms with Gasteiger partial charge in [0.2, 0.25) is 0 Å². The topological polar surface area (TPSA) is 58.6 Å². The third kappa shape index (κ3) is 3.29. The second kappa shape index (κ2) is 6.54. The Hall–Kier alpha value is -2.15. The highest BCUT2D eigenvalue weighted by atomic mass is 32.1. The van der Waals surface area contributed by atoms with Crippen LogP contribution in [0.25, 0.3) is 0 Å². The zero-order valence-corrected chi connectivity index (χ0v) is 14.3. The summed E-state index contributed by atoms with van der Waals surface area (Å²) in [6, 6.07) is 3.78. The summed E-state index contributed by atoms with van der Waals surface area (Å²) in [6.45, 7) is 3.17. The molecule has 1 amide bonds. The highest BCUT2D eigenvalue weighted by Crippen LogP contribution is 2.27. The van der Waals surface area contributed by atoms with Crippen molar-refractivity contribution >= 4 is 23.3 Å². The lowest BCUT2D eigenvalue weighted by atomic mass is 10.2. The number of aromatic nitrogens is 2. The van der Waals surface area contributed by atoms with Gasteiger partial charge in [-0.1, -0.05) is 0 Å². The van der Waals surface area contributed by atoms with E-state index in [2.05, 4.69) is 9.36 Å². The molecule has 0 saturated carbocycles. The maximum Gasteiger partial charge on any atom is 0.256 e. The van der Waals surface area contributed by atoms with Crippen LogP contribution in [0.5, 0.6) is 5.75 Å². The van der Waals surface area contributed by atoms with Gasteiger partial charge >= 0.3 is 0 Å².